The molecule has 7 rings (SSSR count). The molecular weight excluding hydrogens is 650 g/mol. The molecule has 0 aliphatic rings. The molecule has 210 valence electrons. The van der Waals surface area contributed by atoms with E-state index in [1.807, 2.05) is 0 Å². The molecule has 0 saturated carbocycles. The van der Waals surface area contributed by atoms with Gasteiger partial charge in [0.1, 0.15) is 0 Å². The topological polar surface area (TPSA) is 0 Å². The van der Waals surface area contributed by atoms with Crippen LogP contribution in [0.25, 0.3) is 0 Å². The Morgan fingerprint density at radius 3 is 0.455 bits per heavy atom. The van der Waals surface area contributed by atoms with Gasteiger partial charge < -0.3 is 0 Å². The van der Waals surface area contributed by atoms with Gasteiger partial charge in [0.25, 0.3) is 0 Å². The van der Waals surface area contributed by atoms with Gasteiger partial charge in [0.15, 0.2) is 0 Å². The normalized spacial score (nSPS) is 11.6. The summed E-state index contributed by atoms with van der Waals surface area (Å²) in [5.41, 5.74) is 0. The Balaban J connectivity index is 1.52. The Morgan fingerprint density at radius 2 is 0.295 bits per heavy atom. The third-order valence-electron chi connectivity index (χ3n) is 8.99. The number of rotatable bonds is 8. The molecule has 0 unspecified atom stereocenters. The predicted octanol–water partition coefficient (Wildman–Crippen LogP) is 4.44. The summed E-state index contributed by atoms with van der Waals surface area (Å²) in [4.78, 5) is 0. The molecule has 0 spiro atoms. The van der Waals surface area contributed by atoms with E-state index in [-0.39, 0.29) is 0 Å². The fourth-order valence-corrected chi connectivity index (χ4v) is 27.0. The molecule has 7 aromatic rings. The first-order chi connectivity index (χ1) is 21.8. The van der Waals surface area contributed by atoms with Crippen LogP contribution in [0.5, 0.6) is 0 Å². The van der Waals surface area contributed by atoms with Crippen molar-refractivity contribution in [2.45, 2.75) is 0 Å². The zero-order valence-corrected chi connectivity index (χ0v) is 28.8. The summed E-state index contributed by atoms with van der Waals surface area (Å²) >= 11 is -6.69. The molecule has 0 aromatic heterocycles. The standard InChI is InChI=1S/C42H34Ge2/c1-7-19-35(20-8-1)43(36-21-9-2-10-22-36,37-23-11-3-12-24-37)41-31-33-42(34-32-41)44(38-25-13-4-14-26-38,39-27-15-5-16-28-39)40-29-17-6-18-30-40/h1-34H. The van der Waals surface area contributed by atoms with Gasteiger partial charge in [0, 0.05) is 0 Å². The molecule has 0 N–H and O–H groups in total. The summed E-state index contributed by atoms with van der Waals surface area (Å²) in [7, 11) is 0. The van der Waals surface area contributed by atoms with E-state index in [1.165, 1.54) is 35.2 Å². The molecule has 0 aliphatic carbocycles. The molecule has 0 heterocycles. The van der Waals surface area contributed by atoms with Crippen molar-refractivity contribution in [3.63, 3.8) is 0 Å². The summed E-state index contributed by atoms with van der Waals surface area (Å²) in [6.45, 7) is 0. The van der Waals surface area contributed by atoms with Crippen LogP contribution in [-0.4, -0.2) is 26.5 Å². The Hall–Kier alpha value is -4.37. The second-order valence-electron chi connectivity index (χ2n) is 11.3. The van der Waals surface area contributed by atoms with Gasteiger partial charge in [-0.15, -0.1) is 0 Å². The Labute approximate surface area is 266 Å². The Kier molecular flexibility index (Phi) is 8.20. The summed E-state index contributed by atoms with van der Waals surface area (Å²) in [6.07, 6.45) is 0. The Morgan fingerprint density at radius 1 is 0.159 bits per heavy atom. The first-order valence-electron chi connectivity index (χ1n) is 15.3. The van der Waals surface area contributed by atoms with Crippen molar-refractivity contribution in [2.24, 2.45) is 0 Å². The van der Waals surface area contributed by atoms with Crippen LogP contribution in [0.2, 0.25) is 0 Å². The Bertz CT molecular complexity index is 1570. The van der Waals surface area contributed by atoms with Crippen molar-refractivity contribution >= 4 is 61.7 Å². The van der Waals surface area contributed by atoms with Gasteiger partial charge in [-0.1, -0.05) is 0 Å². The number of hydrogen-bond donors (Lipinski definition) is 0. The third kappa shape index (κ3) is 4.89. The molecule has 7 aromatic carbocycles. The molecular formula is C42H34Ge2. The molecule has 2 heteroatoms. The minimum atomic E-state index is -3.34. The molecule has 0 saturated heterocycles. The van der Waals surface area contributed by atoms with E-state index in [9.17, 15) is 0 Å². The second-order valence-corrected chi connectivity index (χ2v) is 27.3. The van der Waals surface area contributed by atoms with E-state index in [0.717, 1.165) is 0 Å². The summed E-state index contributed by atoms with van der Waals surface area (Å²) in [5.74, 6) is 0. The van der Waals surface area contributed by atoms with Crippen molar-refractivity contribution in [1.29, 1.82) is 0 Å². The first kappa shape index (κ1) is 28.4. The van der Waals surface area contributed by atoms with E-state index in [4.69, 9.17) is 0 Å². The van der Waals surface area contributed by atoms with E-state index >= 15 is 0 Å². The van der Waals surface area contributed by atoms with Crippen LogP contribution < -0.4 is 35.2 Å². The minimum absolute atomic E-state index is 1.44. The van der Waals surface area contributed by atoms with Crippen molar-refractivity contribution < 1.29 is 0 Å². The quantitative estimate of drug-likeness (QED) is 0.208. The van der Waals surface area contributed by atoms with Gasteiger partial charge in [-0.25, -0.2) is 0 Å². The number of hydrogen-bond acceptors (Lipinski definition) is 0. The fourth-order valence-electron chi connectivity index (χ4n) is 7.10. The molecule has 0 fully saturated rings. The SMILES string of the molecule is c1cc[c]([Ge]([c]2ccccc2)([c]2ccccc2)[c]2cc[c]([Ge]([c]3ccccc3)([c]3ccccc3)[c]3ccccc3)cc2)cc1. The van der Waals surface area contributed by atoms with E-state index in [0.29, 0.717) is 0 Å². The fraction of sp³-hybridized carbons (Fsp3) is 0. The van der Waals surface area contributed by atoms with Crippen molar-refractivity contribution in [3.8, 4) is 0 Å². The van der Waals surface area contributed by atoms with Crippen LogP contribution in [0.3, 0.4) is 0 Å². The third-order valence-corrected chi connectivity index (χ3v) is 29.1. The zero-order valence-electron chi connectivity index (χ0n) is 24.6. The van der Waals surface area contributed by atoms with Gasteiger partial charge in [-0.05, 0) is 0 Å². The van der Waals surface area contributed by atoms with Crippen molar-refractivity contribution in [2.75, 3.05) is 0 Å². The molecule has 0 nitrogen and oxygen atoms in total. The van der Waals surface area contributed by atoms with Crippen LogP contribution in [0.4, 0.5) is 0 Å². The van der Waals surface area contributed by atoms with Crippen LogP contribution in [-0.2, 0) is 0 Å². The molecule has 0 atom stereocenters. The van der Waals surface area contributed by atoms with Crippen molar-refractivity contribution in [3.05, 3.63) is 206 Å². The average molecular weight is 684 g/mol. The maximum absolute atomic E-state index is 3.34. The zero-order chi connectivity index (χ0) is 29.7. The molecule has 0 radical (unpaired) electrons. The average Bonchev–Trinajstić information content (AvgIpc) is 3.12. The van der Waals surface area contributed by atoms with Crippen LogP contribution in [0, 0.1) is 0 Å². The molecule has 44 heavy (non-hydrogen) atoms. The number of benzene rings is 7. The monoisotopic (exact) mass is 686 g/mol. The van der Waals surface area contributed by atoms with Gasteiger partial charge in [-0.3, -0.25) is 0 Å². The van der Waals surface area contributed by atoms with Crippen LogP contribution in [0.15, 0.2) is 206 Å². The van der Waals surface area contributed by atoms with Crippen LogP contribution >= 0.6 is 0 Å². The van der Waals surface area contributed by atoms with Gasteiger partial charge in [0.2, 0.25) is 0 Å². The van der Waals surface area contributed by atoms with Gasteiger partial charge in [0.05, 0.1) is 0 Å². The van der Waals surface area contributed by atoms with Crippen molar-refractivity contribution in [1.82, 2.24) is 0 Å². The maximum atomic E-state index is 2.48. The molecule has 0 bridgehead atoms. The molecule has 0 amide bonds. The van der Waals surface area contributed by atoms with Gasteiger partial charge in [-0.2, -0.15) is 0 Å². The second kappa shape index (κ2) is 12.7. The summed E-state index contributed by atoms with van der Waals surface area (Å²) in [5, 5.41) is 0. The van der Waals surface area contributed by atoms with E-state index in [1.54, 1.807) is 0 Å². The van der Waals surface area contributed by atoms with Crippen LogP contribution in [0.1, 0.15) is 0 Å². The summed E-state index contributed by atoms with van der Waals surface area (Å²) < 4.78 is 11.6. The van der Waals surface area contributed by atoms with Gasteiger partial charge >= 0.3 is 268 Å². The predicted molar refractivity (Wildman–Crippen MR) is 194 cm³/mol. The van der Waals surface area contributed by atoms with E-state index in [2.05, 4.69) is 206 Å². The molecule has 0 aliphatic heterocycles. The summed E-state index contributed by atoms with van der Waals surface area (Å²) in [6, 6.07) is 77.5. The first-order valence-corrected chi connectivity index (χ1v) is 23.7. The van der Waals surface area contributed by atoms with E-state index < -0.39 is 26.5 Å².